The number of amides is 1. The molecule has 0 aliphatic carbocycles. The lowest BCUT2D eigenvalue weighted by molar-refractivity contribution is 0.0781. The molecule has 0 spiro atoms. The summed E-state index contributed by atoms with van der Waals surface area (Å²) in [5.74, 6) is 0.993. The highest BCUT2D eigenvalue weighted by molar-refractivity contribution is 7.17. The molecule has 31 heavy (non-hydrogen) atoms. The summed E-state index contributed by atoms with van der Waals surface area (Å²) in [5.41, 5.74) is 3.30. The van der Waals surface area contributed by atoms with Gasteiger partial charge in [-0.1, -0.05) is 6.07 Å². The first kappa shape index (κ1) is 20.3. The highest BCUT2D eigenvalue weighted by atomic mass is 32.1. The third kappa shape index (κ3) is 4.27. The Morgan fingerprint density at radius 1 is 1.03 bits per heavy atom. The van der Waals surface area contributed by atoms with Gasteiger partial charge in [-0.25, -0.2) is 0 Å². The molecule has 1 saturated heterocycles. The Labute approximate surface area is 187 Å². The molecule has 6 heteroatoms. The molecule has 3 heterocycles. The fraction of sp³-hybridized carbons (Fsp3) is 0.400. The molecule has 0 unspecified atom stereocenters. The van der Waals surface area contributed by atoms with Crippen molar-refractivity contribution in [1.29, 1.82) is 0 Å². The molecule has 0 atom stereocenters. The molecule has 5 nitrogen and oxygen atoms in total. The highest BCUT2D eigenvalue weighted by Crippen LogP contribution is 2.31. The van der Waals surface area contributed by atoms with Crippen LogP contribution in [0.5, 0.6) is 5.75 Å². The van der Waals surface area contributed by atoms with Crippen molar-refractivity contribution in [3.63, 3.8) is 0 Å². The molecular weight excluding hydrogens is 406 g/mol. The van der Waals surface area contributed by atoms with E-state index in [9.17, 15) is 4.79 Å². The van der Waals surface area contributed by atoms with Crippen molar-refractivity contribution in [3.05, 3.63) is 59.0 Å². The van der Waals surface area contributed by atoms with Crippen molar-refractivity contribution in [2.45, 2.75) is 12.8 Å². The van der Waals surface area contributed by atoms with Gasteiger partial charge in [0.25, 0.3) is 5.91 Å². The summed E-state index contributed by atoms with van der Waals surface area (Å²) in [6.45, 7) is 6.88. The SMILES string of the molecule is CN1CCc2cc(OCCCN3CCN(c4cccc5sccc45)CC3)ccc2C1=O. The summed E-state index contributed by atoms with van der Waals surface area (Å²) in [4.78, 5) is 19.0. The summed E-state index contributed by atoms with van der Waals surface area (Å²) in [6, 6.07) is 14.8. The molecule has 162 valence electrons. The van der Waals surface area contributed by atoms with Gasteiger partial charge in [-0.3, -0.25) is 9.69 Å². The number of rotatable bonds is 6. The number of benzene rings is 2. The van der Waals surface area contributed by atoms with Gasteiger partial charge >= 0.3 is 0 Å². The number of nitrogens with zero attached hydrogens (tertiary/aromatic N) is 3. The van der Waals surface area contributed by atoms with Crippen molar-refractivity contribution in [2.75, 3.05) is 57.8 Å². The van der Waals surface area contributed by atoms with E-state index in [2.05, 4.69) is 39.4 Å². The number of likely N-dealkylation sites (N-methyl/N-ethyl adjacent to an activating group) is 1. The molecule has 3 aromatic rings. The Bertz CT molecular complexity index is 1070. The van der Waals surface area contributed by atoms with Gasteiger partial charge in [-0.05, 0) is 60.2 Å². The Hall–Kier alpha value is -2.57. The van der Waals surface area contributed by atoms with E-state index < -0.39 is 0 Å². The monoisotopic (exact) mass is 435 g/mol. The quantitative estimate of drug-likeness (QED) is 0.546. The number of fused-ring (bicyclic) bond motifs is 2. The zero-order valence-corrected chi connectivity index (χ0v) is 18.9. The van der Waals surface area contributed by atoms with Gasteiger partial charge in [-0.15, -0.1) is 11.3 Å². The maximum Gasteiger partial charge on any atom is 0.253 e. The summed E-state index contributed by atoms with van der Waals surface area (Å²) < 4.78 is 7.37. The average molecular weight is 436 g/mol. The minimum Gasteiger partial charge on any atom is -0.494 e. The first-order chi connectivity index (χ1) is 15.2. The van der Waals surface area contributed by atoms with Crippen LogP contribution in [0.3, 0.4) is 0 Å². The zero-order chi connectivity index (χ0) is 21.2. The van der Waals surface area contributed by atoms with E-state index >= 15 is 0 Å². The van der Waals surface area contributed by atoms with Crippen LogP contribution in [0.4, 0.5) is 5.69 Å². The van der Waals surface area contributed by atoms with Gasteiger partial charge in [0.05, 0.1) is 6.61 Å². The standard InChI is InChI=1S/C25H29N3O2S/c1-26-11-8-19-18-20(6-7-21(19)25(26)29)30-16-3-10-27-12-14-28(15-13-27)23-4-2-5-24-22(23)9-17-31-24/h2,4-7,9,17-18H,3,8,10-16H2,1H3. The number of carbonyl (C=O) groups excluding carboxylic acids is 1. The normalized spacial score (nSPS) is 17.3. The predicted molar refractivity (Wildman–Crippen MR) is 128 cm³/mol. The number of thiophene rings is 1. The number of piperazine rings is 1. The molecular formula is C25H29N3O2S. The molecule has 2 aromatic carbocycles. The first-order valence-corrected chi connectivity index (χ1v) is 12.0. The van der Waals surface area contributed by atoms with Crippen LogP contribution in [0.25, 0.3) is 10.1 Å². The van der Waals surface area contributed by atoms with Gasteiger partial charge in [0.2, 0.25) is 0 Å². The summed E-state index contributed by atoms with van der Waals surface area (Å²) in [5, 5.41) is 3.57. The smallest absolute Gasteiger partial charge is 0.253 e. The van der Waals surface area contributed by atoms with Crippen LogP contribution < -0.4 is 9.64 Å². The summed E-state index contributed by atoms with van der Waals surface area (Å²) in [7, 11) is 1.86. The average Bonchev–Trinajstić information content (AvgIpc) is 3.29. The van der Waals surface area contributed by atoms with Crippen molar-refractivity contribution in [3.8, 4) is 5.75 Å². The van der Waals surface area contributed by atoms with E-state index in [1.807, 2.05) is 36.6 Å². The van der Waals surface area contributed by atoms with E-state index in [0.29, 0.717) is 6.61 Å². The van der Waals surface area contributed by atoms with Crippen molar-refractivity contribution in [1.82, 2.24) is 9.80 Å². The van der Waals surface area contributed by atoms with Crippen LogP contribution in [0.2, 0.25) is 0 Å². The van der Waals surface area contributed by atoms with Crippen LogP contribution in [0.15, 0.2) is 47.8 Å². The lowest BCUT2D eigenvalue weighted by Gasteiger charge is -2.36. The molecule has 2 aliphatic heterocycles. The van der Waals surface area contributed by atoms with E-state index in [4.69, 9.17) is 4.74 Å². The number of ether oxygens (including phenoxy) is 1. The van der Waals surface area contributed by atoms with Gasteiger partial charge in [0.15, 0.2) is 0 Å². The Morgan fingerprint density at radius 3 is 2.77 bits per heavy atom. The minimum absolute atomic E-state index is 0.113. The largest absolute Gasteiger partial charge is 0.494 e. The minimum atomic E-state index is 0.113. The molecule has 1 aromatic heterocycles. The second-order valence-electron chi connectivity index (χ2n) is 8.44. The Balaban J connectivity index is 1.08. The first-order valence-electron chi connectivity index (χ1n) is 11.1. The van der Waals surface area contributed by atoms with Crippen LogP contribution >= 0.6 is 11.3 Å². The lowest BCUT2D eigenvalue weighted by Crippen LogP contribution is -2.46. The van der Waals surface area contributed by atoms with E-state index in [-0.39, 0.29) is 5.91 Å². The van der Waals surface area contributed by atoms with Crippen molar-refractivity contribution in [2.24, 2.45) is 0 Å². The number of carbonyl (C=O) groups is 1. The van der Waals surface area contributed by atoms with E-state index in [1.54, 1.807) is 4.90 Å². The maximum absolute atomic E-state index is 12.2. The molecule has 0 saturated carbocycles. The third-order valence-electron chi connectivity index (χ3n) is 6.44. The summed E-state index contributed by atoms with van der Waals surface area (Å²) >= 11 is 1.82. The van der Waals surface area contributed by atoms with Gasteiger partial charge in [0.1, 0.15) is 5.75 Å². The van der Waals surface area contributed by atoms with Gasteiger partial charge < -0.3 is 14.5 Å². The second-order valence-corrected chi connectivity index (χ2v) is 9.38. The van der Waals surface area contributed by atoms with E-state index in [0.717, 1.165) is 69.0 Å². The van der Waals surface area contributed by atoms with Crippen molar-refractivity contribution >= 4 is 33.0 Å². The fourth-order valence-corrected chi connectivity index (χ4v) is 5.42. The number of hydrogen-bond donors (Lipinski definition) is 0. The van der Waals surface area contributed by atoms with Crippen LogP contribution in [0.1, 0.15) is 22.3 Å². The van der Waals surface area contributed by atoms with Gasteiger partial charge in [-0.2, -0.15) is 0 Å². The zero-order valence-electron chi connectivity index (χ0n) is 18.0. The van der Waals surface area contributed by atoms with Gasteiger partial charge in [0, 0.05) is 67.7 Å². The van der Waals surface area contributed by atoms with E-state index in [1.165, 1.54) is 15.8 Å². The predicted octanol–water partition coefficient (Wildman–Crippen LogP) is 4.12. The lowest BCUT2D eigenvalue weighted by atomic mass is 9.99. The molecule has 1 amide bonds. The topological polar surface area (TPSA) is 36.0 Å². The van der Waals surface area contributed by atoms with Crippen molar-refractivity contribution < 1.29 is 9.53 Å². The Morgan fingerprint density at radius 2 is 1.90 bits per heavy atom. The van der Waals surface area contributed by atoms with Crippen LogP contribution in [0, 0.1) is 0 Å². The molecule has 0 bridgehead atoms. The number of hydrogen-bond acceptors (Lipinski definition) is 5. The maximum atomic E-state index is 12.2. The molecule has 1 fully saturated rings. The highest BCUT2D eigenvalue weighted by Gasteiger charge is 2.22. The fourth-order valence-electron chi connectivity index (χ4n) is 4.62. The van der Waals surface area contributed by atoms with Crippen LogP contribution in [-0.4, -0.2) is 68.6 Å². The second kappa shape index (κ2) is 8.89. The van der Waals surface area contributed by atoms with Crippen LogP contribution in [-0.2, 0) is 6.42 Å². The third-order valence-corrected chi connectivity index (χ3v) is 7.33. The number of anilines is 1. The molecule has 0 N–H and O–H groups in total. The molecule has 2 aliphatic rings. The molecule has 0 radical (unpaired) electrons. The summed E-state index contributed by atoms with van der Waals surface area (Å²) in [6.07, 6.45) is 1.91. The Kier molecular flexibility index (Phi) is 5.83. The molecule has 5 rings (SSSR count).